The summed E-state index contributed by atoms with van der Waals surface area (Å²) >= 11 is 2.00. The summed E-state index contributed by atoms with van der Waals surface area (Å²) in [6, 6.07) is 0. The van der Waals surface area contributed by atoms with Crippen molar-refractivity contribution in [1.82, 2.24) is 10.3 Å². The number of thiazole rings is 1. The summed E-state index contributed by atoms with van der Waals surface area (Å²) in [5.41, 5.74) is 1.62. The van der Waals surface area contributed by atoms with Gasteiger partial charge in [-0.2, -0.15) is 0 Å². The first-order chi connectivity index (χ1) is 9.96. The van der Waals surface area contributed by atoms with Crippen molar-refractivity contribution in [2.75, 3.05) is 0 Å². The van der Waals surface area contributed by atoms with Crippen molar-refractivity contribution in [2.45, 2.75) is 90.1 Å². The number of hydrogen-bond donors (Lipinski definition) is 1. The van der Waals surface area contributed by atoms with Gasteiger partial charge in [-0.05, 0) is 58.8 Å². The second-order valence-electron chi connectivity index (χ2n) is 8.02. The lowest BCUT2D eigenvalue weighted by molar-refractivity contribution is 0.425. The lowest BCUT2D eigenvalue weighted by Crippen LogP contribution is -2.35. The highest BCUT2D eigenvalue weighted by atomic mass is 32.1. The minimum absolute atomic E-state index is 0.186. The quantitative estimate of drug-likeness (QED) is 0.808. The molecule has 118 valence electrons. The van der Waals surface area contributed by atoms with Crippen LogP contribution in [0.25, 0.3) is 0 Å². The third-order valence-corrected chi connectivity index (χ3v) is 6.19. The van der Waals surface area contributed by atoms with Crippen LogP contribution >= 0.6 is 11.3 Å². The number of nitrogens with one attached hydrogen (secondary N) is 1. The fraction of sp³-hybridized carbons (Fsp3) is 0.833. The molecule has 1 aromatic rings. The molecule has 1 N–H and O–H groups in total. The van der Waals surface area contributed by atoms with Gasteiger partial charge < -0.3 is 5.32 Å². The zero-order chi connectivity index (χ0) is 15.0. The summed E-state index contributed by atoms with van der Waals surface area (Å²) < 4.78 is 0. The third-order valence-electron chi connectivity index (χ3n) is 4.96. The maximum atomic E-state index is 5.10. The molecule has 2 aliphatic rings. The SMILES string of the molecule is CCC1CCC(c2nc(C3CC3)c(CNC(C)(C)C)s2)C1. The largest absolute Gasteiger partial charge is 0.307 e. The van der Waals surface area contributed by atoms with Crippen LogP contribution in [-0.2, 0) is 6.54 Å². The summed E-state index contributed by atoms with van der Waals surface area (Å²) in [6.45, 7) is 10.1. The molecule has 3 rings (SSSR count). The normalized spacial score (nSPS) is 26.5. The van der Waals surface area contributed by atoms with Crippen LogP contribution in [0.1, 0.15) is 93.6 Å². The Morgan fingerprint density at radius 2 is 1.86 bits per heavy atom. The van der Waals surface area contributed by atoms with Gasteiger partial charge in [0.2, 0.25) is 0 Å². The van der Waals surface area contributed by atoms with Crippen LogP contribution in [0.15, 0.2) is 0 Å². The summed E-state index contributed by atoms with van der Waals surface area (Å²) in [5.74, 6) is 2.47. The number of rotatable bonds is 5. The number of aromatic nitrogens is 1. The molecule has 0 amide bonds. The van der Waals surface area contributed by atoms with Crippen molar-refractivity contribution in [3.8, 4) is 0 Å². The molecule has 2 fully saturated rings. The molecule has 2 saturated carbocycles. The van der Waals surface area contributed by atoms with E-state index in [4.69, 9.17) is 4.98 Å². The average molecular weight is 307 g/mol. The Balaban J connectivity index is 1.73. The molecular weight excluding hydrogens is 276 g/mol. The van der Waals surface area contributed by atoms with Gasteiger partial charge in [0.1, 0.15) is 0 Å². The smallest absolute Gasteiger partial charge is 0.0962 e. The molecule has 2 aliphatic carbocycles. The first kappa shape index (κ1) is 15.5. The highest BCUT2D eigenvalue weighted by molar-refractivity contribution is 7.11. The Morgan fingerprint density at radius 1 is 1.14 bits per heavy atom. The zero-order valence-corrected chi connectivity index (χ0v) is 14.9. The second-order valence-corrected chi connectivity index (χ2v) is 9.14. The maximum absolute atomic E-state index is 5.10. The molecule has 21 heavy (non-hydrogen) atoms. The molecule has 0 saturated heterocycles. The monoisotopic (exact) mass is 306 g/mol. The van der Waals surface area contributed by atoms with E-state index in [-0.39, 0.29) is 5.54 Å². The van der Waals surface area contributed by atoms with Crippen LogP contribution in [0.4, 0.5) is 0 Å². The van der Waals surface area contributed by atoms with Gasteiger partial charge in [0.15, 0.2) is 0 Å². The van der Waals surface area contributed by atoms with E-state index in [1.165, 1.54) is 54.1 Å². The molecular formula is C18H30N2S. The third kappa shape index (κ3) is 3.87. The number of nitrogens with zero attached hydrogens (tertiary/aromatic N) is 1. The van der Waals surface area contributed by atoms with Gasteiger partial charge in [-0.3, -0.25) is 0 Å². The standard InChI is InChI=1S/C18H30N2S/c1-5-12-6-7-14(10-12)17-20-16(13-8-9-13)15(21-17)11-19-18(2,3)4/h12-14,19H,5-11H2,1-4H3. The van der Waals surface area contributed by atoms with E-state index in [0.717, 1.165) is 24.3 Å². The van der Waals surface area contributed by atoms with E-state index in [1.54, 1.807) is 0 Å². The van der Waals surface area contributed by atoms with Crippen molar-refractivity contribution in [3.63, 3.8) is 0 Å². The van der Waals surface area contributed by atoms with Crippen LogP contribution in [0.3, 0.4) is 0 Å². The van der Waals surface area contributed by atoms with Gasteiger partial charge in [-0.1, -0.05) is 13.3 Å². The Morgan fingerprint density at radius 3 is 2.43 bits per heavy atom. The van der Waals surface area contributed by atoms with E-state index in [2.05, 4.69) is 33.0 Å². The molecule has 0 bridgehead atoms. The molecule has 2 unspecified atom stereocenters. The van der Waals surface area contributed by atoms with E-state index in [9.17, 15) is 0 Å². The van der Waals surface area contributed by atoms with Gasteiger partial charge >= 0.3 is 0 Å². The van der Waals surface area contributed by atoms with Gasteiger partial charge in [0, 0.05) is 28.8 Å². The van der Waals surface area contributed by atoms with Crippen LogP contribution in [0.5, 0.6) is 0 Å². The Kier molecular flexibility index (Phi) is 4.42. The molecule has 1 aromatic heterocycles. The van der Waals surface area contributed by atoms with E-state index >= 15 is 0 Å². The molecule has 0 radical (unpaired) electrons. The summed E-state index contributed by atoms with van der Waals surface area (Å²) in [5, 5.41) is 5.10. The van der Waals surface area contributed by atoms with Crippen molar-refractivity contribution in [3.05, 3.63) is 15.6 Å². The average Bonchev–Trinajstić information content (AvgIpc) is 3.01. The minimum atomic E-state index is 0.186. The second kappa shape index (κ2) is 6.00. The van der Waals surface area contributed by atoms with Crippen molar-refractivity contribution < 1.29 is 0 Å². The Hall–Kier alpha value is -0.410. The van der Waals surface area contributed by atoms with Gasteiger partial charge in [-0.25, -0.2) is 4.98 Å². The highest BCUT2D eigenvalue weighted by Crippen LogP contribution is 2.46. The maximum Gasteiger partial charge on any atom is 0.0962 e. The number of hydrogen-bond acceptors (Lipinski definition) is 3. The molecule has 0 aliphatic heterocycles. The van der Waals surface area contributed by atoms with Crippen LogP contribution in [0, 0.1) is 5.92 Å². The van der Waals surface area contributed by atoms with E-state index < -0.39 is 0 Å². The van der Waals surface area contributed by atoms with Gasteiger partial charge in [0.05, 0.1) is 10.7 Å². The highest BCUT2D eigenvalue weighted by Gasteiger charge is 2.33. The first-order valence-electron chi connectivity index (χ1n) is 8.70. The molecule has 2 atom stereocenters. The summed E-state index contributed by atoms with van der Waals surface area (Å²) in [7, 11) is 0. The zero-order valence-electron chi connectivity index (χ0n) is 14.0. The van der Waals surface area contributed by atoms with Crippen molar-refractivity contribution in [2.24, 2.45) is 5.92 Å². The predicted octanol–water partition coefficient (Wildman–Crippen LogP) is 5.20. The van der Waals surface area contributed by atoms with Crippen molar-refractivity contribution >= 4 is 11.3 Å². The Labute approximate surface area is 133 Å². The van der Waals surface area contributed by atoms with Crippen LogP contribution in [0.2, 0.25) is 0 Å². The lowest BCUT2D eigenvalue weighted by atomic mass is 10.0. The van der Waals surface area contributed by atoms with Gasteiger partial charge in [0.25, 0.3) is 0 Å². The fourth-order valence-electron chi connectivity index (χ4n) is 3.37. The van der Waals surface area contributed by atoms with E-state index in [1.807, 2.05) is 11.3 Å². The fourth-order valence-corrected chi connectivity index (χ4v) is 4.61. The van der Waals surface area contributed by atoms with Crippen LogP contribution < -0.4 is 5.32 Å². The molecule has 3 heteroatoms. The van der Waals surface area contributed by atoms with E-state index in [0.29, 0.717) is 0 Å². The molecule has 2 nitrogen and oxygen atoms in total. The molecule has 0 aromatic carbocycles. The van der Waals surface area contributed by atoms with Crippen molar-refractivity contribution in [1.29, 1.82) is 0 Å². The Bertz CT molecular complexity index is 482. The molecule has 0 spiro atoms. The lowest BCUT2D eigenvalue weighted by Gasteiger charge is -2.20. The summed E-state index contributed by atoms with van der Waals surface area (Å²) in [6.07, 6.45) is 8.20. The van der Waals surface area contributed by atoms with Gasteiger partial charge in [-0.15, -0.1) is 11.3 Å². The first-order valence-corrected chi connectivity index (χ1v) is 9.52. The molecule has 1 heterocycles. The van der Waals surface area contributed by atoms with Crippen LogP contribution in [-0.4, -0.2) is 10.5 Å². The predicted molar refractivity (Wildman–Crippen MR) is 91.1 cm³/mol. The minimum Gasteiger partial charge on any atom is -0.307 e. The summed E-state index contributed by atoms with van der Waals surface area (Å²) in [4.78, 5) is 6.62. The topological polar surface area (TPSA) is 24.9 Å².